The first kappa shape index (κ1) is 16.5. The van der Waals surface area contributed by atoms with Crippen LogP contribution < -0.4 is 9.64 Å². The zero-order chi connectivity index (χ0) is 15.3. The van der Waals surface area contributed by atoms with Crippen LogP contribution in [0, 0.1) is 0 Å². The van der Waals surface area contributed by atoms with Crippen LogP contribution in [0.25, 0.3) is 0 Å². The molecule has 1 fully saturated rings. The smallest absolute Gasteiger partial charge is 0.270 e. The molecule has 0 unspecified atom stereocenters. The van der Waals surface area contributed by atoms with Gasteiger partial charge in [-0.3, -0.25) is 0 Å². The Morgan fingerprint density at radius 2 is 2.00 bits per heavy atom. The quantitative estimate of drug-likeness (QED) is 0.747. The van der Waals surface area contributed by atoms with Gasteiger partial charge in [-0.2, -0.15) is 4.37 Å². The highest BCUT2D eigenvalue weighted by Crippen LogP contribution is 2.26. The van der Waals surface area contributed by atoms with Crippen LogP contribution in [0.4, 0.5) is 5.82 Å². The van der Waals surface area contributed by atoms with E-state index in [4.69, 9.17) is 9.47 Å². The van der Waals surface area contributed by atoms with Gasteiger partial charge in [-0.25, -0.2) is 0 Å². The van der Waals surface area contributed by atoms with Gasteiger partial charge in [0.1, 0.15) is 0 Å². The minimum atomic E-state index is 0.196. The van der Waals surface area contributed by atoms with Crippen molar-refractivity contribution < 1.29 is 9.47 Å². The SMILES string of the molecule is CN(CCCOc1nsnc1N1CCOCC1)C(C)(C)C. The lowest BCUT2D eigenvalue weighted by atomic mass is 10.1. The van der Waals surface area contributed by atoms with E-state index in [0.29, 0.717) is 12.5 Å². The second kappa shape index (κ2) is 7.38. The number of ether oxygens (including phenoxy) is 2. The second-order valence-corrected chi connectivity index (χ2v) is 6.82. The van der Waals surface area contributed by atoms with Crippen molar-refractivity contribution in [1.82, 2.24) is 13.6 Å². The molecule has 0 bridgehead atoms. The summed E-state index contributed by atoms with van der Waals surface area (Å²) in [6, 6.07) is 0. The molecule has 0 aliphatic carbocycles. The van der Waals surface area contributed by atoms with Crippen molar-refractivity contribution in [1.29, 1.82) is 0 Å². The number of rotatable bonds is 6. The predicted octanol–water partition coefficient (Wildman–Crippen LogP) is 1.87. The molecule has 1 aliphatic rings. The van der Waals surface area contributed by atoms with Gasteiger partial charge in [-0.1, -0.05) is 0 Å². The molecule has 7 heteroatoms. The number of anilines is 1. The van der Waals surface area contributed by atoms with Crippen LogP contribution in [0.15, 0.2) is 0 Å². The summed E-state index contributed by atoms with van der Waals surface area (Å²) >= 11 is 1.21. The van der Waals surface area contributed by atoms with E-state index < -0.39 is 0 Å². The van der Waals surface area contributed by atoms with E-state index in [1.54, 1.807) is 0 Å². The van der Waals surface area contributed by atoms with E-state index in [0.717, 1.165) is 45.1 Å². The van der Waals surface area contributed by atoms with Crippen LogP contribution in [0.5, 0.6) is 5.88 Å². The van der Waals surface area contributed by atoms with Crippen LogP contribution in [0.3, 0.4) is 0 Å². The Morgan fingerprint density at radius 1 is 1.29 bits per heavy atom. The molecule has 0 amide bonds. The topological polar surface area (TPSA) is 50.7 Å². The van der Waals surface area contributed by atoms with Crippen LogP contribution in [0.2, 0.25) is 0 Å². The zero-order valence-corrected chi connectivity index (χ0v) is 14.3. The van der Waals surface area contributed by atoms with Crippen molar-refractivity contribution in [3.05, 3.63) is 0 Å². The largest absolute Gasteiger partial charge is 0.474 e. The van der Waals surface area contributed by atoms with Gasteiger partial charge in [-0.15, -0.1) is 4.37 Å². The Labute approximate surface area is 131 Å². The molecule has 6 nitrogen and oxygen atoms in total. The Bertz CT molecular complexity index is 427. The summed E-state index contributed by atoms with van der Waals surface area (Å²) in [5.74, 6) is 1.53. The monoisotopic (exact) mass is 314 g/mol. The molecular weight excluding hydrogens is 288 g/mol. The van der Waals surface area contributed by atoms with E-state index >= 15 is 0 Å². The number of nitrogens with zero attached hydrogens (tertiary/aromatic N) is 4. The summed E-state index contributed by atoms with van der Waals surface area (Å²) in [5, 5.41) is 0. The summed E-state index contributed by atoms with van der Waals surface area (Å²) < 4.78 is 19.8. The maximum absolute atomic E-state index is 5.82. The molecule has 1 aliphatic heterocycles. The minimum Gasteiger partial charge on any atom is -0.474 e. The summed E-state index contributed by atoms with van der Waals surface area (Å²) in [6.45, 7) is 11.5. The van der Waals surface area contributed by atoms with Gasteiger partial charge >= 0.3 is 0 Å². The van der Waals surface area contributed by atoms with Crippen LogP contribution in [0.1, 0.15) is 27.2 Å². The van der Waals surface area contributed by atoms with E-state index in [1.165, 1.54) is 11.7 Å². The van der Waals surface area contributed by atoms with Gasteiger partial charge in [-0.05, 0) is 34.2 Å². The fourth-order valence-corrected chi connectivity index (χ4v) is 2.56. The normalized spacial score (nSPS) is 16.5. The van der Waals surface area contributed by atoms with Crippen molar-refractivity contribution in [2.75, 3.05) is 51.4 Å². The van der Waals surface area contributed by atoms with Crippen molar-refractivity contribution in [2.24, 2.45) is 0 Å². The first-order chi connectivity index (χ1) is 9.98. The van der Waals surface area contributed by atoms with Crippen molar-refractivity contribution in [3.8, 4) is 5.88 Å². The van der Waals surface area contributed by atoms with Crippen LogP contribution in [-0.4, -0.2) is 65.7 Å². The molecule has 2 rings (SSSR count). The lowest BCUT2D eigenvalue weighted by Gasteiger charge is -2.31. The highest BCUT2D eigenvalue weighted by atomic mass is 32.1. The number of hydrogen-bond acceptors (Lipinski definition) is 7. The molecular formula is C14H26N4O2S. The molecule has 1 saturated heterocycles. The van der Waals surface area contributed by atoms with Gasteiger partial charge in [0.25, 0.3) is 5.88 Å². The van der Waals surface area contributed by atoms with E-state index in [-0.39, 0.29) is 5.54 Å². The molecule has 0 radical (unpaired) electrons. The molecule has 21 heavy (non-hydrogen) atoms. The summed E-state index contributed by atoms with van der Waals surface area (Å²) in [4.78, 5) is 4.52. The molecule has 1 aromatic heterocycles. The molecule has 0 N–H and O–H groups in total. The van der Waals surface area contributed by atoms with E-state index in [9.17, 15) is 0 Å². The fraction of sp³-hybridized carbons (Fsp3) is 0.857. The average Bonchev–Trinajstić information content (AvgIpc) is 2.91. The Hall–Kier alpha value is -0.920. The molecule has 2 heterocycles. The summed E-state index contributed by atoms with van der Waals surface area (Å²) in [7, 11) is 2.14. The fourth-order valence-electron chi connectivity index (χ4n) is 2.04. The maximum Gasteiger partial charge on any atom is 0.270 e. The Balaban J connectivity index is 1.77. The van der Waals surface area contributed by atoms with Gasteiger partial charge < -0.3 is 19.3 Å². The lowest BCUT2D eigenvalue weighted by molar-refractivity contribution is 0.122. The molecule has 0 atom stereocenters. The Morgan fingerprint density at radius 3 is 2.67 bits per heavy atom. The zero-order valence-electron chi connectivity index (χ0n) is 13.5. The lowest BCUT2D eigenvalue weighted by Crippen LogP contribution is -2.39. The minimum absolute atomic E-state index is 0.196. The van der Waals surface area contributed by atoms with Crippen molar-refractivity contribution >= 4 is 17.5 Å². The van der Waals surface area contributed by atoms with Crippen molar-refractivity contribution in [3.63, 3.8) is 0 Å². The van der Waals surface area contributed by atoms with Crippen LogP contribution >= 0.6 is 11.7 Å². The first-order valence-corrected chi connectivity index (χ1v) is 8.21. The van der Waals surface area contributed by atoms with Gasteiger partial charge in [0.15, 0.2) is 0 Å². The predicted molar refractivity (Wildman–Crippen MR) is 85.4 cm³/mol. The molecule has 0 aromatic carbocycles. The van der Waals surface area contributed by atoms with E-state index in [2.05, 4.69) is 46.4 Å². The number of aromatic nitrogens is 2. The number of morpholine rings is 1. The summed E-state index contributed by atoms with van der Waals surface area (Å²) in [5.41, 5.74) is 0.196. The molecule has 1 aromatic rings. The maximum atomic E-state index is 5.82. The van der Waals surface area contributed by atoms with Gasteiger partial charge in [0.2, 0.25) is 5.82 Å². The Kier molecular flexibility index (Phi) is 5.78. The third-order valence-corrected chi connectivity index (χ3v) is 4.28. The molecule has 120 valence electrons. The van der Waals surface area contributed by atoms with Crippen molar-refractivity contribution in [2.45, 2.75) is 32.7 Å². The molecule has 0 spiro atoms. The van der Waals surface area contributed by atoms with Gasteiger partial charge in [0.05, 0.1) is 31.5 Å². The standard InChI is InChI=1S/C14H26N4O2S/c1-14(2,3)17(4)6-5-9-20-13-12(15-21-16-13)18-7-10-19-11-8-18/h5-11H2,1-4H3. The average molecular weight is 314 g/mol. The third kappa shape index (κ3) is 4.79. The van der Waals surface area contributed by atoms with Crippen LogP contribution in [-0.2, 0) is 4.74 Å². The van der Waals surface area contributed by atoms with Gasteiger partial charge in [0, 0.05) is 25.2 Å². The highest BCUT2D eigenvalue weighted by molar-refractivity contribution is 6.99. The highest BCUT2D eigenvalue weighted by Gasteiger charge is 2.20. The first-order valence-electron chi connectivity index (χ1n) is 7.48. The summed E-state index contributed by atoms with van der Waals surface area (Å²) in [6.07, 6.45) is 0.980. The van der Waals surface area contributed by atoms with E-state index in [1.807, 2.05) is 0 Å². The third-order valence-electron chi connectivity index (χ3n) is 3.77. The number of hydrogen-bond donors (Lipinski definition) is 0. The second-order valence-electron chi connectivity index (χ2n) is 6.29. The molecule has 0 saturated carbocycles.